The van der Waals surface area contributed by atoms with Crippen molar-refractivity contribution in [3.05, 3.63) is 89.3 Å². The molecule has 0 bridgehead atoms. The number of aliphatic hydroxyl groups excluding tert-OH is 1. The van der Waals surface area contributed by atoms with Gasteiger partial charge < -0.3 is 33.4 Å². The standard InChI is InChI=1S/C26H21NO8/c1-32-18-7-3-5-15-12-20(35-25(15)18)23(29)21-22(14-8-9-17(28)19(11-14)33-2)27(26(31)24(21)30)13-16-6-4-10-34-16/h3-12,22,28,30H,13H2,1-2H3. The maximum absolute atomic E-state index is 13.7. The number of aromatic hydroxyl groups is 1. The summed E-state index contributed by atoms with van der Waals surface area (Å²) in [5.41, 5.74) is 0.658. The van der Waals surface area contributed by atoms with Gasteiger partial charge in [-0.05, 0) is 42.0 Å². The van der Waals surface area contributed by atoms with E-state index in [1.807, 2.05) is 0 Å². The van der Waals surface area contributed by atoms with Crippen LogP contribution in [0.4, 0.5) is 0 Å². The van der Waals surface area contributed by atoms with Crippen LogP contribution in [-0.4, -0.2) is 41.0 Å². The Labute approximate surface area is 199 Å². The molecule has 9 heteroatoms. The van der Waals surface area contributed by atoms with Gasteiger partial charge in [0, 0.05) is 5.39 Å². The molecule has 0 radical (unpaired) electrons. The molecule has 0 aliphatic carbocycles. The van der Waals surface area contributed by atoms with Gasteiger partial charge in [-0.15, -0.1) is 0 Å². The minimum absolute atomic E-state index is 0.00547. The number of methoxy groups -OCH3 is 2. The van der Waals surface area contributed by atoms with Gasteiger partial charge in [-0.25, -0.2) is 0 Å². The molecule has 0 spiro atoms. The second-order valence-electron chi connectivity index (χ2n) is 7.93. The molecule has 1 amide bonds. The minimum Gasteiger partial charge on any atom is -0.504 e. The number of amides is 1. The number of aliphatic hydroxyl groups is 1. The highest BCUT2D eigenvalue weighted by atomic mass is 16.5. The van der Waals surface area contributed by atoms with Crippen LogP contribution in [-0.2, 0) is 11.3 Å². The number of nitrogens with zero attached hydrogens (tertiary/aromatic N) is 1. The van der Waals surface area contributed by atoms with Crippen molar-refractivity contribution in [3.63, 3.8) is 0 Å². The normalized spacial score (nSPS) is 15.8. The second-order valence-corrected chi connectivity index (χ2v) is 7.93. The predicted molar refractivity (Wildman–Crippen MR) is 123 cm³/mol. The molecule has 0 saturated heterocycles. The largest absolute Gasteiger partial charge is 0.504 e. The summed E-state index contributed by atoms with van der Waals surface area (Å²) in [6, 6.07) is 13.6. The summed E-state index contributed by atoms with van der Waals surface area (Å²) in [7, 11) is 2.88. The summed E-state index contributed by atoms with van der Waals surface area (Å²) in [4.78, 5) is 28.2. The fourth-order valence-corrected chi connectivity index (χ4v) is 4.27. The van der Waals surface area contributed by atoms with E-state index in [2.05, 4.69) is 0 Å². The predicted octanol–water partition coefficient (Wildman–Crippen LogP) is 4.53. The van der Waals surface area contributed by atoms with Crippen molar-refractivity contribution in [1.82, 2.24) is 4.90 Å². The number of ether oxygens (including phenoxy) is 2. The van der Waals surface area contributed by atoms with E-state index < -0.39 is 23.5 Å². The molecule has 3 heterocycles. The van der Waals surface area contributed by atoms with E-state index in [-0.39, 0.29) is 29.4 Å². The lowest BCUT2D eigenvalue weighted by molar-refractivity contribution is -0.130. The first-order chi connectivity index (χ1) is 16.9. The molecule has 2 aromatic heterocycles. The lowest BCUT2D eigenvalue weighted by Gasteiger charge is -2.26. The first kappa shape index (κ1) is 22.1. The topological polar surface area (TPSA) is 123 Å². The van der Waals surface area contributed by atoms with Gasteiger partial charge >= 0.3 is 0 Å². The van der Waals surface area contributed by atoms with Crippen LogP contribution in [0.25, 0.3) is 11.0 Å². The van der Waals surface area contributed by atoms with Crippen LogP contribution >= 0.6 is 0 Å². The molecule has 178 valence electrons. The Hall–Kier alpha value is -4.66. The Morgan fingerprint density at radius 1 is 1.03 bits per heavy atom. The van der Waals surface area contributed by atoms with Gasteiger partial charge in [0.2, 0.25) is 5.78 Å². The minimum atomic E-state index is -0.996. The third kappa shape index (κ3) is 3.67. The summed E-state index contributed by atoms with van der Waals surface area (Å²) >= 11 is 0. The van der Waals surface area contributed by atoms with Crippen LogP contribution in [0.5, 0.6) is 17.2 Å². The third-order valence-electron chi connectivity index (χ3n) is 5.93. The van der Waals surface area contributed by atoms with Crippen LogP contribution in [0.1, 0.15) is 27.9 Å². The van der Waals surface area contributed by atoms with Crippen molar-refractivity contribution in [3.8, 4) is 17.2 Å². The number of carbonyl (C=O) groups is 2. The van der Waals surface area contributed by atoms with Crippen molar-refractivity contribution >= 4 is 22.7 Å². The zero-order chi connectivity index (χ0) is 24.7. The number of hydrogen-bond acceptors (Lipinski definition) is 8. The molecule has 5 rings (SSSR count). The number of fused-ring (bicyclic) bond motifs is 1. The van der Waals surface area contributed by atoms with Gasteiger partial charge in [0.25, 0.3) is 5.91 Å². The number of carbonyl (C=O) groups excluding carboxylic acids is 2. The Balaban J connectivity index is 1.63. The molecule has 1 atom stereocenters. The summed E-state index contributed by atoms with van der Waals surface area (Å²) in [5.74, 6) is -1.20. The quantitative estimate of drug-likeness (QED) is 0.374. The van der Waals surface area contributed by atoms with Crippen molar-refractivity contribution in [2.45, 2.75) is 12.6 Å². The van der Waals surface area contributed by atoms with Gasteiger partial charge in [0.05, 0.1) is 38.6 Å². The summed E-state index contributed by atoms with van der Waals surface area (Å²) in [5, 5.41) is 21.6. The molecule has 35 heavy (non-hydrogen) atoms. The summed E-state index contributed by atoms with van der Waals surface area (Å²) < 4.78 is 21.7. The first-order valence-corrected chi connectivity index (χ1v) is 10.7. The Morgan fingerprint density at radius 2 is 1.83 bits per heavy atom. The van der Waals surface area contributed by atoms with E-state index in [0.29, 0.717) is 28.0 Å². The Bertz CT molecular complexity index is 1460. The number of ketones is 1. The highest BCUT2D eigenvalue weighted by molar-refractivity contribution is 6.16. The SMILES string of the molecule is COc1cc(C2C(C(=O)c3cc4cccc(OC)c4o3)=C(O)C(=O)N2Cc2ccco2)ccc1O. The van der Waals surface area contributed by atoms with Crippen LogP contribution in [0, 0.1) is 0 Å². The second kappa shape index (κ2) is 8.60. The zero-order valence-electron chi connectivity index (χ0n) is 18.8. The molecule has 4 aromatic rings. The van der Waals surface area contributed by atoms with Crippen molar-refractivity contribution in [2.24, 2.45) is 0 Å². The fourth-order valence-electron chi connectivity index (χ4n) is 4.27. The molecular formula is C26H21NO8. The van der Waals surface area contributed by atoms with Gasteiger partial charge in [-0.1, -0.05) is 18.2 Å². The Kier molecular flexibility index (Phi) is 5.44. The van der Waals surface area contributed by atoms with Crippen LogP contribution in [0.2, 0.25) is 0 Å². The third-order valence-corrected chi connectivity index (χ3v) is 5.93. The molecule has 1 aliphatic heterocycles. The number of phenols is 1. The van der Waals surface area contributed by atoms with Crippen LogP contribution in [0.15, 0.2) is 81.0 Å². The smallest absolute Gasteiger partial charge is 0.290 e. The molecular weight excluding hydrogens is 454 g/mol. The van der Waals surface area contributed by atoms with Gasteiger partial charge in [-0.2, -0.15) is 0 Å². The van der Waals surface area contributed by atoms with E-state index in [1.165, 1.54) is 43.6 Å². The van der Waals surface area contributed by atoms with E-state index in [1.54, 1.807) is 36.4 Å². The first-order valence-electron chi connectivity index (χ1n) is 10.7. The average Bonchev–Trinajstić information content (AvgIpc) is 3.59. The summed E-state index contributed by atoms with van der Waals surface area (Å²) in [6.45, 7) is -0.00547. The molecule has 1 unspecified atom stereocenters. The van der Waals surface area contributed by atoms with Crippen molar-refractivity contribution in [2.75, 3.05) is 14.2 Å². The van der Waals surface area contributed by atoms with Gasteiger partial charge in [0.15, 0.2) is 34.4 Å². The molecule has 2 aromatic carbocycles. The van der Waals surface area contributed by atoms with E-state index in [0.717, 1.165) is 0 Å². The summed E-state index contributed by atoms with van der Waals surface area (Å²) in [6.07, 6.45) is 1.47. The number of phenolic OH excluding ortho intramolecular Hbond substituents is 1. The highest BCUT2D eigenvalue weighted by Crippen LogP contribution is 2.43. The van der Waals surface area contributed by atoms with Crippen molar-refractivity contribution < 1.29 is 38.1 Å². The lowest BCUT2D eigenvalue weighted by Crippen LogP contribution is -2.30. The average molecular weight is 475 g/mol. The number of para-hydroxylation sites is 1. The van der Waals surface area contributed by atoms with E-state index in [4.69, 9.17) is 18.3 Å². The van der Waals surface area contributed by atoms with Gasteiger partial charge in [0.1, 0.15) is 5.76 Å². The molecule has 0 fully saturated rings. The number of benzene rings is 2. The monoisotopic (exact) mass is 475 g/mol. The molecule has 9 nitrogen and oxygen atoms in total. The molecule has 2 N–H and O–H groups in total. The number of furan rings is 2. The zero-order valence-corrected chi connectivity index (χ0v) is 18.8. The lowest BCUT2D eigenvalue weighted by atomic mass is 9.94. The number of rotatable bonds is 7. The van der Waals surface area contributed by atoms with Crippen LogP contribution < -0.4 is 9.47 Å². The van der Waals surface area contributed by atoms with Gasteiger partial charge in [-0.3, -0.25) is 9.59 Å². The maximum atomic E-state index is 13.7. The maximum Gasteiger partial charge on any atom is 0.290 e. The van der Waals surface area contributed by atoms with Crippen molar-refractivity contribution in [1.29, 1.82) is 0 Å². The number of hydrogen-bond donors (Lipinski definition) is 2. The van der Waals surface area contributed by atoms with Crippen LogP contribution in [0.3, 0.4) is 0 Å². The van der Waals surface area contributed by atoms with E-state index >= 15 is 0 Å². The number of Topliss-reactive ketones (excluding diaryl/α,β-unsaturated/α-hetero) is 1. The fraction of sp³-hybridized carbons (Fsp3) is 0.154. The van der Waals surface area contributed by atoms with E-state index in [9.17, 15) is 19.8 Å². The molecule has 1 aliphatic rings. The molecule has 0 saturated carbocycles. The highest BCUT2D eigenvalue weighted by Gasteiger charge is 2.45. The Morgan fingerprint density at radius 3 is 2.54 bits per heavy atom.